The molecule has 0 spiro atoms. The molecule has 1 saturated heterocycles. The van der Waals surface area contributed by atoms with E-state index >= 15 is 0 Å². The molecule has 0 aliphatic carbocycles. The first-order chi connectivity index (χ1) is 9.90. The van der Waals surface area contributed by atoms with E-state index in [1.54, 1.807) is 19.2 Å². The zero-order chi connectivity index (χ0) is 15.5. The van der Waals surface area contributed by atoms with Crippen molar-refractivity contribution in [1.82, 2.24) is 10.6 Å². The third-order valence-electron chi connectivity index (χ3n) is 3.43. The van der Waals surface area contributed by atoms with Gasteiger partial charge in [0.15, 0.2) is 0 Å². The highest BCUT2D eigenvalue weighted by atomic mass is 32.2. The van der Waals surface area contributed by atoms with Crippen LogP contribution >= 0.6 is 0 Å². The summed E-state index contributed by atoms with van der Waals surface area (Å²) >= 11 is 0. The van der Waals surface area contributed by atoms with Crippen LogP contribution in [0.1, 0.15) is 12.0 Å². The zero-order valence-electron chi connectivity index (χ0n) is 11.7. The largest absolute Gasteiger partial charge is 0.380 e. The van der Waals surface area contributed by atoms with Crippen LogP contribution in [0, 0.1) is 0 Å². The molecule has 2 rings (SSSR count). The molecule has 0 bridgehead atoms. The number of methoxy groups -OCH3 is 1. The molecule has 1 heterocycles. The van der Waals surface area contributed by atoms with Crippen molar-refractivity contribution in [3.8, 4) is 0 Å². The monoisotopic (exact) mass is 313 g/mol. The SMILES string of the molecule is COC1CNC(C(=O)NCc2cccc(S(N)(=O)=O)c2)C1. The molecular weight excluding hydrogens is 294 g/mol. The number of carbonyl (C=O) groups excluding carboxylic acids is 1. The van der Waals surface area contributed by atoms with Gasteiger partial charge >= 0.3 is 0 Å². The molecule has 1 aromatic carbocycles. The summed E-state index contributed by atoms with van der Waals surface area (Å²) in [4.78, 5) is 12.0. The third kappa shape index (κ3) is 4.24. The van der Waals surface area contributed by atoms with E-state index in [1.807, 2.05) is 0 Å². The number of ether oxygens (including phenoxy) is 1. The molecule has 1 aliphatic heterocycles. The summed E-state index contributed by atoms with van der Waals surface area (Å²) in [6, 6.07) is 5.92. The van der Waals surface area contributed by atoms with Gasteiger partial charge in [0.2, 0.25) is 15.9 Å². The average Bonchev–Trinajstić information content (AvgIpc) is 2.93. The number of rotatable bonds is 5. The summed E-state index contributed by atoms with van der Waals surface area (Å²) in [5, 5.41) is 10.9. The molecule has 2 unspecified atom stereocenters. The normalized spacial score (nSPS) is 22.2. The zero-order valence-corrected chi connectivity index (χ0v) is 12.5. The smallest absolute Gasteiger partial charge is 0.238 e. The van der Waals surface area contributed by atoms with Gasteiger partial charge < -0.3 is 15.4 Å². The minimum absolute atomic E-state index is 0.0349. The number of nitrogens with one attached hydrogen (secondary N) is 2. The van der Waals surface area contributed by atoms with Gasteiger partial charge in [-0.15, -0.1) is 0 Å². The molecular formula is C13H19N3O4S. The van der Waals surface area contributed by atoms with E-state index in [2.05, 4.69) is 10.6 Å². The number of hydrogen-bond acceptors (Lipinski definition) is 5. The van der Waals surface area contributed by atoms with E-state index in [1.165, 1.54) is 12.1 Å². The molecule has 21 heavy (non-hydrogen) atoms. The Morgan fingerprint density at radius 2 is 2.29 bits per heavy atom. The van der Waals surface area contributed by atoms with Crippen molar-refractivity contribution >= 4 is 15.9 Å². The molecule has 8 heteroatoms. The van der Waals surface area contributed by atoms with Gasteiger partial charge in [-0.1, -0.05) is 12.1 Å². The molecule has 0 radical (unpaired) electrons. The second kappa shape index (κ2) is 6.52. The Hall–Kier alpha value is -1.48. The van der Waals surface area contributed by atoms with Crippen molar-refractivity contribution in [2.45, 2.75) is 30.0 Å². The Labute approximate surface area is 123 Å². The molecule has 1 amide bonds. The molecule has 1 aliphatic rings. The van der Waals surface area contributed by atoms with E-state index < -0.39 is 10.0 Å². The molecule has 0 aromatic heterocycles. The van der Waals surface area contributed by atoms with E-state index in [4.69, 9.17) is 9.88 Å². The highest BCUT2D eigenvalue weighted by molar-refractivity contribution is 7.89. The van der Waals surface area contributed by atoms with E-state index in [0.29, 0.717) is 18.5 Å². The molecule has 0 saturated carbocycles. The van der Waals surface area contributed by atoms with Crippen LogP contribution < -0.4 is 15.8 Å². The van der Waals surface area contributed by atoms with Gasteiger partial charge in [0.1, 0.15) is 0 Å². The Morgan fingerprint density at radius 1 is 1.52 bits per heavy atom. The Morgan fingerprint density at radius 3 is 2.90 bits per heavy atom. The minimum atomic E-state index is -3.73. The van der Waals surface area contributed by atoms with Crippen molar-refractivity contribution in [2.75, 3.05) is 13.7 Å². The fourth-order valence-corrected chi connectivity index (χ4v) is 2.81. The molecule has 7 nitrogen and oxygen atoms in total. The Kier molecular flexibility index (Phi) is 4.94. The van der Waals surface area contributed by atoms with Crippen LogP contribution in [0.15, 0.2) is 29.2 Å². The van der Waals surface area contributed by atoms with Crippen LogP contribution in [0.2, 0.25) is 0 Å². The van der Waals surface area contributed by atoms with Crippen molar-refractivity contribution in [1.29, 1.82) is 0 Å². The number of nitrogens with two attached hydrogens (primary N) is 1. The topological polar surface area (TPSA) is 111 Å². The third-order valence-corrected chi connectivity index (χ3v) is 4.35. The van der Waals surface area contributed by atoms with Crippen LogP contribution in [0.25, 0.3) is 0 Å². The molecule has 1 aromatic rings. The highest BCUT2D eigenvalue weighted by Gasteiger charge is 2.28. The predicted molar refractivity (Wildman–Crippen MR) is 76.9 cm³/mol. The minimum Gasteiger partial charge on any atom is -0.380 e. The summed E-state index contributed by atoms with van der Waals surface area (Å²) in [5.41, 5.74) is 0.677. The maximum absolute atomic E-state index is 12.0. The van der Waals surface area contributed by atoms with Crippen LogP contribution in [0.3, 0.4) is 0 Å². The summed E-state index contributed by atoms with van der Waals surface area (Å²) < 4.78 is 27.7. The van der Waals surface area contributed by atoms with Gasteiger partial charge in [-0.3, -0.25) is 4.79 Å². The van der Waals surface area contributed by atoms with Gasteiger partial charge in [-0.2, -0.15) is 0 Å². The fraction of sp³-hybridized carbons (Fsp3) is 0.462. The lowest BCUT2D eigenvalue weighted by atomic mass is 10.2. The number of benzene rings is 1. The lowest BCUT2D eigenvalue weighted by Crippen LogP contribution is -2.40. The quantitative estimate of drug-likeness (QED) is 0.667. The Balaban J connectivity index is 1.93. The number of hydrogen-bond donors (Lipinski definition) is 3. The Bertz CT molecular complexity index is 618. The van der Waals surface area contributed by atoms with Crippen LogP contribution in [-0.4, -0.2) is 40.1 Å². The second-order valence-electron chi connectivity index (χ2n) is 4.96. The molecule has 2 atom stereocenters. The highest BCUT2D eigenvalue weighted by Crippen LogP contribution is 2.11. The number of primary sulfonamides is 1. The standard InChI is InChI=1S/C13H19N3O4S/c1-20-10-6-12(15-8-10)13(17)16-7-9-3-2-4-11(5-9)21(14,18)19/h2-5,10,12,15H,6-8H2,1H3,(H,16,17)(H2,14,18,19). The second-order valence-corrected chi connectivity index (χ2v) is 6.53. The maximum Gasteiger partial charge on any atom is 0.238 e. The van der Waals surface area contributed by atoms with Gasteiger partial charge in [-0.05, 0) is 24.1 Å². The van der Waals surface area contributed by atoms with Crippen molar-refractivity contribution in [3.05, 3.63) is 29.8 Å². The van der Waals surface area contributed by atoms with Crippen LogP contribution in [0.5, 0.6) is 0 Å². The number of sulfonamides is 1. The molecule has 4 N–H and O–H groups in total. The lowest BCUT2D eigenvalue weighted by molar-refractivity contribution is -0.123. The first-order valence-corrected chi connectivity index (χ1v) is 8.10. The summed E-state index contributed by atoms with van der Waals surface area (Å²) in [6.45, 7) is 0.896. The number of carbonyl (C=O) groups is 1. The van der Waals surface area contributed by atoms with Gasteiger partial charge in [0.05, 0.1) is 17.0 Å². The predicted octanol–water partition coefficient (Wildman–Crippen LogP) is -0.673. The first-order valence-electron chi connectivity index (χ1n) is 6.56. The van der Waals surface area contributed by atoms with Gasteiger partial charge in [-0.25, -0.2) is 13.6 Å². The van der Waals surface area contributed by atoms with E-state index in [-0.39, 0.29) is 29.5 Å². The average molecular weight is 313 g/mol. The van der Waals surface area contributed by atoms with Crippen molar-refractivity contribution in [2.24, 2.45) is 5.14 Å². The molecule has 1 fully saturated rings. The van der Waals surface area contributed by atoms with E-state index in [0.717, 1.165) is 0 Å². The summed E-state index contributed by atoms with van der Waals surface area (Å²) in [6.07, 6.45) is 0.672. The lowest BCUT2D eigenvalue weighted by Gasteiger charge is -2.11. The van der Waals surface area contributed by atoms with Gasteiger partial charge in [0, 0.05) is 20.2 Å². The van der Waals surface area contributed by atoms with Crippen LogP contribution in [-0.2, 0) is 26.1 Å². The van der Waals surface area contributed by atoms with Crippen LogP contribution in [0.4, 0.5) is 0 Å². The van der Waals surface area contributed by atoms with Crippen molar-refractivity contribution in [3.63, 3.8) is 0 Å². The summed E-state index contributed by atoms with van der Waals surface area (Å²) in [5.74, 6) is -0.129. The molecule has 116 valence electrons. The summed E-state index contributed by atoms with van der Waals surface area (Å²) in [7, 11) is -2.12. The van der Waals surface area contributed by atoms with E-state index in [9.17, 15) is 13.2 Å². The maximum atomic E-state index is 12.0. The fourth-order valence-electron chi connectivity index (χ4n) is 2.23. The first kappa shape index (κ1) is 15.9. The number of amides is 1. The van der Waals surface area contributed by atoms with Gasteiger partial charge in [0.25, 0.3) is 0 Å². The van der Waals surface area contributed by atoms with Crippen molar-refractivity contribution < 1.29 is 17.9 Å².